The number of nitrogens with one attached hydrogen (secondary N) is 1. The first-order chi connectivity index (χ1) is 9.54. The minimum Gasteiger partial charge on any atom is -0.384 e. The summed E-state index contributed by atoms with van der Waals surface area (Å²) < 4.78 is 0. The highest BCUT2D eigenvalue weighted by Gasteiger charge is 2.44. The van der Waals surface area contributed by atoms with Gasteiger partial charge in [-0.15, -0.1) is 0 Å². The molecule has 0 amide bonds. The molecule has 0 radical (unpaired) electrons. The van der Waals surface area contributed by atoms with Gasteiger partial charge in [-0.3, -0.25) is 0 Å². The number of aromatic nitrogens is 2. The molecule has 1 saturated carbocycles. The molecule has 1 aliphatic rings. The third-order valence-electron chi connectivity index (χ3n) is 4.03. The number of nitrogens with two attached hydrogens (primary N) is 1. The summed E-state index contributed by atoms with van der Waals surface area (Å²) in [5.41, 5.74) is 7.33. The number of nitrogen functional groups attached to an aromatic ring is 1. The largest absolute Gasteiger partial charge is 0.384 e. The van der Waals surface area contributed by atoms with E-state index in [2.05, 4.69) is 29.1 Å². The maximum atomic E-state index is 5.88. The average Bonchev–Trinajstić information content (AvgIpc) is 3.04. The normalized spacial score (nSPS) is 19.6. The minimum absolute atomic E-state index is 0.466. The summed E-state index contributed by atoms with van der Waals surface area (Å²) in [6.07, 6.45) is 1.27. The van der Waals surface area contributed by atoms with Crippen LogP contribution in [-0.4, -0.2) is 16.5 Å². The van der Waals surface area contributed by atoms with Gasteiger partial charge in [0.05, 0.1) is 0 Å². The Morgan fingerprint density at radius 3 is 2.60 bits per heavy atom. The highest BCUT2D eigenvalue weighted by molar-refractivity contribution is 5.60. The molecule has 4 nitrogen and oxygen atoms in total. The summed E-state index contributed by atoms with van der Waals surface area (Å²) in [4.78, 5) is 8.85. The van der Waals surface area contributed by atoms with E-state index in [1.165, 1.54) is 6.42 Å². The van der Waals surface area contributed by atoms with E-state index in [4.69, 9.17) is 5.73 Å². The lowest BCUT2D eigenvalue weighted by Gasteiger charge is -2.09. The Hall–Kier alpha value is -2.10. The number of hydrogen-bond acceptors (Lipinski definition) is 4. The van der Waals surface area contributed by atoms with Crippen LogP contribution in [0.3, 0.4) is 0 Å². The Bertz CT molecular complexity index is 607. The zero-order chi connectivity index (χ0) is 14.2. The molecule has 0 aliphatic heterocycles. The molecule has 1 unspecified atom stereocenters. The number of rotatable bonds is 4. The van der Waals surface area contributed by atoms with Crippen LogP contribution in [0.15, 0.2) is 36.4 Å². The summed E-state index contributed by atoms with van der Waals surface area (Å²) >= 11 is 0. The second kappa shape index (κ2) is 4.78. The van der Waals surface area contributed by atoms with Gasteiger partial charge in [-0.1, -0.05) is 44.2 Å². The van der Waals surface area contributed by atoms with E-state index in [0.29, 0.717) is 17.1 Å². The van der Waals surface area contributed by atoms with Crippen LogP contribution in [0.5, 0.6) is 0 Å². The van der Waals surface area contributed by atoms with Crippen molar-refractivity contribution in [3.63, 3.8) is 0 Å². The molecule has 1 aromatic heterocycles. The molecule has 0 bridgehead atoms. The minimum atomic E-state index is 0.466. The Morgan fingerprint density at radius 2 is 1.95 bits per heavy atom. The van der Waals surface area contributed by atoms with Gasteiger partial charge in [0.2, 0.25) is 0 Å². The number of hydrogen-bond donors (Lipinski definition) is 2. The molecule has 1 fully saturated rings. The Labute approximate surface area is 119 Å². The Morgan fingerprint density at radius 1 is 1.25 bits per heavy atom. The van der Waals surface area contributed by atoms with Crippen LogP contribution in [-0.2, 0) is 0 Å². The van der Waals surface area contributed by atoms with Gasteiger partial charge in [-0.25, -0.2) is 9.97 Å². The van der Waals surface area contributed by atoms with E-state index in [1.807, 2.05) is 30.3 Å². The van der Waals surface area contributed by atoms with E-state index in [0.717, 1.165) is 23.8 Å². The van der Waals surface area contributed by atoms with Crippen LogP contribution >= 0.6 is 0 Å². The summed E-state index contributed by atoms with van der Waals surface area (Å²) in [5.74, 6) is 2.69. The van der Waals surface area contributed by atoms with E-state index in [-0.39, 0.29) is 0 Å². The summed E-state index contributed by atoms with van der Waals surface area (Å²) in [7, 11) is 0. The molecule has 4 heteroatoms. The number of anilines is 2. The SMILES string of the molecule is CC1(C)CC1CNc1cc(N)nc(-c2ccccc2)n1. The molecule has 0 spiro atoms. The molecule has 1 heterocycles. The maximum Gasteiger partial charge on any atom is 0.163 e. The van der Waals surface area contributed by atoms with E-state index >= 15 is 0 Å². The predicted octanol–water partition coefficient (Wildman–Crippen LogP) is 3.18. The van der Waals surface area contributed by atoms with Gasteiger partial charge < -0.3 is 11.1 Å². The highest BCUT2D eigenvalue weighted by atomic mass is 15.1. The van der Waals surface area contributed by atoms with Crippen molar-refractivity contribution in [2.45, 2.75) is 20.3 Å². The lowest BCUT2D eigenvalue weighted by atomic mass is 10.1. The summed E-state index contributed by atoms with van der Waals surface area (Å²) in [6, 6.07) is 11.7. The first-order valence-corrected chi connectivity index (χ1v) is 6.98. The van der Waals surface area contributed by atoms with E-state index in [9.17, 15) is 0 Å². The monoisotopic (exact) mass is 268 g/mol. The molecule has 1 aromatic carbocycles. The van der Waals surface area contributed by atoms with Crippen LogP contribution in [0.1, 0.15) is 20.3 Å². The van der Waals surface area contributed by atoms with Crippen LogP contribution < -0.4 is 11.1 Å². The number of nitrogens with zero attached hydrogens (tertiary/aromatic N) is 2. The molecular weight excluding hydrogens is 248 g/mol. The van der Waals surface area contributed by atoms with Crippen LogP contribution in [0.2, 0.25) is 0 Å². The molecule has 0 saturated heterocycles. The standard InChI is InChI=1S/C16H20N4/c1-16(2)9-12(16)10-18-14-8-13(17)19-15(20-14)11-6-4-3-5-7-11/h3-8,12H,9-10H2,1-2H3,(H3,17,18,19,20). The van der Waals surface area contributed by atoms with Gasteiger partial charge in [-0.2, -0.15) is 0 Å². The molecule has 1 atom stereocenters. The second-order valence-electron chi connectivity index (χ2n) is 6.14. The maximum absolute atomic E-state index is 5.88. The van der Waals surface area contributed by atoms with Gasteiger partial charge in [-0.05, 0) is 17.8 Å². The highest BCUT2D eigenvalue weighted by Crippen LogP contribution is 2.51. The van der Waals surface area contributed by atoms with Crippen LogP contribution in [0.4, 0.5) is 11.6 Å². The fraction of sp³-hybridized carbons (Fsp3) is 0.375. The molecule has 104 valence electrons. The topological polar surface area (TPSA) is 63.8 Å². The van der Waals surface area contributed by atoms with Crippen molar-refractivity contribution in [3.05, 3.63) is 36.4 Å². The van der Waals surface area contributed by atoms with Gasteiger partial charge in [0.15, 0.2) is 5.82 Å². The summed E-state index contributed by atoms with van der Waals surface area (Å²) in [6.45, 7) is 5.53. The Balaban J connectivity index is 1.77. The van der Waals surface area contributed by atoms with Crippen LogP contribution in [0.25, 0.3) is 11.4 Å². The number of benzene rings is 1. The fourth-order valence-electron chi connectivity index (χ4n) is 2.43. The Kier molecular flexibility index (Phi) is 3.08. The van der Waals surface area contributed by atoms with Gasteiger partial charge >= 0.3 is 0 Å². The molecule has 2 aromatic rings. The molecular formula is C16H20N4. The van der Waals surface area contributed by atoms with Crippen molar-refractivity contribution >= 4 is 11.6 Å². The third-order valence-corrected chi connectivity index (χ3v) is 4.03. The van der Waals surface area contributed by atoms with Crippen molar-refractivity contribution in [1.29, 1.82) is 0 Å². The lowest BCUT2D eigenvalue weighted by Crippen LogP contribution is -2.10. The first-order valence-electron chi connectivity index (χ1n) is 6.98. The first kappa shape index (κ1) is 12.9. The molecule has 20 heavy (non-hydrogen) atoms. The lowest BCUT2D eigenvalue weighted by molar-refractivity contribution is 0.573. The van der Waals surface area contributed by atoms with Gasteiger partial charge in [0.25, 0.3) is 0 Å². The second-order valence-corrected chi connectivity index (χ2v) is 6.14. The molecule has 3 N–H and O–H groups in total. The van der Waals surface area contributed by atoms with Crippen molar-refractivity contribution in [2.75, 3.05) is 17.6 Å². The molecule has 3 rings (SSSR count). The van der Waals surface area contributed by atoms with Crippen molar-refractivity contribution in [3.8, 4) is 11.4 Å². The van der Waals surface area contributed by atoms with E-state index < -0.39 is 0 Å². The summed E-state index contributed by atoms with van der Waals surface area (Å²) in [5, 5.41) is 3.38. The van der Waals surface area contributed by atoms with Crippen molar-refractivity contribution in [1.82, 2.24) is 9.97 Å². The average molecular weight is 268 g/mol. The molecule has 1 aliphatic carbocycles. The smallest absolute Gasteiger partial charge is 0.163 e. The van der Waals surface area contributed by atoms with Gasteiger partial charge in [0, 0.05) is 18.2 Å². The zero-order valence-corrected chi connectivity index (χ0v) is 11.9. The van der Waals surface area contributed by atoms with Crippen molar-refractivity contribution in [2.24, 2.45) is 11.3 Å². The van der Waals surface area contributed by atoms with Crippen molar-refractivity contribution < 1.29 is 0 Å². The fourth-order valence-corrected chi connectivity index (χ4v) is 2.43. The predicted molar refractivity (Wildman–Crippen MR) is 82.3 cm³/mol. The quantitative estimate of drug-likeness (QED) is 0.894. The van der Waals surface area contributed by atoms with Gasteiger partial charge in [0.1, 0.15) is 11.6 Å². The third kappa shape index (κ3) is 2.74. The van der Waals surface area contributed by atoms with E-state index in [1.54, 1.807) is 6.07 Å². The zero-order valence-electron chi connectivity index (χ0n) is 11.9. The van der Waals surface area contributed by atoms with Crippen LogP contribution in [0, 0.1) is 11.3 Å².